The average Bonchev–Trinajstić information content (AvgIpc) is 2.46. The quantitative estimate of drug-likeness (QED) is 0.910. The Labute approximate surface area is 112 Å². The lowest BCUT2D eigenvalue weighted by molar-refractivity contribution is 0.322. The minimum atomic E-state index is -0.409. The number of rotatable bonds is 4. The third-order valence-corrected chi connectivity index (χ3v) is 3.56. The van der Waals surface area contributed by atoms with E-state index in [4.69, 9.17) is 14.2 Å². The van der Waals surface area contributed by atoms with Gasteiger partial charge in [-0.05, 0) is 31.8 Å². The molecule has 1 aliphatic rings. The van der Waals surface area contributed by atoms with E-state index in [1.165, 1.54) is 20.3 Å². The molecule has 0 unspecified atom stereocenters. The number of halogens is 1. The largest absolute Gasteiger partial charge is 0.493 e. The summed E-state index contributed by atoms with van der Waals surface area (Å²) in [7, 11) is 4.56. The van der Waals surface area contributed by atoms with Crippen LogP contribution in [0, 0.1) is 5.82 Å². The maximum atomic E-state index is 14.1. The van der Waals surface area contributed by atoms with Crippen LogP contribution in [0.1, 0.15) is 24.3 Å². The van der Waals surface area contributed by atoms with Crippen molar-refractivity contribution in [2.45, 2.75) is 18.8 Å². The predicted octanol–water partition coefficient (Wildman–Crippen LogP) is 2.32. The first-order valence-electron chi connectivity index (χ1n) is 6.42. The summed E-state index contributed by atoms with van der Waals surface area (Å²) in [4.78, 5) is 0. The molecule has 19 heavy (non-hydrogen) atoms. The van der Waals surface area contributed by atoms with Crippen LogP contribution in [0.5, 0.6) is 17.2 Å². The van der Waals surface area contributed by atoms with Gasteiger partial charge in [-0.25, -0.2) is 4.39 Å². The summed E-state index contributed by atoms with van der Waals surface area (Å²) < 4.78 is 30.0. The Morgan fingerprint density at radius 1 is 1.05 bits per heavy atom. The van der Waals surface area contributed by atoms with E-state index in [1.807, 2.05) is 0 Å². The molecule has 1 saturated heterocycles. The molecule has 0 spiro atoms. The van der Waals surface area contributed by atoms with Crippen LogP contribution in [-0.2, 0) is 0 Å². The first-order chi connectivity index (χ1) is 9.22. The van der Waals surface area contributed by atoms with Gasteiger partial charge in [-0.2, -0.15) is 0 Å². The lowest BCUT2D eigenvalue weighted by Crippen LogP contribution is -2.27. The molecule has 0 atom stereocenters. The molecule has 5 heteroatoms. The summed E-state index contributed by atoms with van der Waals surface area (Å²) in [6, 6.07) is 1.31. The summed E-state index contributed by atoms with van der Waals surface area (Å²) in [5.41, 5.74) is 0.781. The third-order valence-electron chi connectivity index (χ3n) is 3.56. The second kappa shape index (κ2) is 6.10. The fraction of sp³-hybridized carbons (Fsp3) is 0.571. The maximum absolute atomic E-state index is 14.1. The van der Waals surface area contributed by atoms with Crippen LogP contribution in [0.3, 0.4) is 0 Å². The highest BCUT2D eigenvalue weighted by Gasteiger charge is 2.28. The van der Waals surface area contributed by atoms with Crippen molar-refractivity contribution in [1.82, 2.24) is 5.32 Å². The normalized spacial score (nSPS) is 16.2. The molecule has 2 rings (SSSR count). The van der Waals surface area contributed by atoms with Crippen LogP contribution >= 0.6 is 0 Å². The van der Waals surface area contributed by atoms with Crippen molar-refractivity contribution in [3.63, 3.8) is 0 Å². The molecular formula is C14H20FNO3. The molecule has 0 amide bonds. The van der Waals surface area contributed by atoms with Gasteiger partial charge in [0, 0.05) is 11.6 Å². The molecule has 1 fully saturated rings. The van der Waals surface area contributed by atoms with Crippen LogP contribution in [0.4, 0.5) is 4.39 Å². The minimum Gasteiger partial charge on any atom is -0.493 e. The molecule has 0 bridgehead atoms. The van der Waals surface area contributed by atoms with E-state index in [0.29, 0.717) is 11.5 Å². The smallest absolute Gasteiger partial charge is 0.169 e. The van der Waals surface area contributed by atoms with E-state index in [9.17, 15) is 4.39 Å². The number of benzene rings is 1. The number of methoxy groups -OCH3 is 3. The van der Waals surface area contributed by atoms with Crippen molar-refractivity contribution in [1.29, 1.82) is 0 Å². The highest BCUT2D eigenvalue weighted by molar-refractivity contribution is 5.56. The zero-order valence-corrected chi connectivity index (χ0v) is 11.6. The van der Waals surface area contributed by atoms with Crippen LogP contribution in [0.25, 0.3) is 0 Å². The van der Waals surface area contributed by atoms with E-state index in [2.05, 4.69) is 5.32 Å². The van der Waals surface area contributed by atoms with Gasteiger partial charge in [-0.3, -0.25) is 0 Å². The number of nitrogens with one attached hydrogen (secondary N) is 1. The molecule has 106 valence electrons. The Kier molecular flexibility index (Phi) is 4.47. The van der Waals surface area contributed by atoms with E-state index >= 15 is 0 Å². The van der Waals surface area contributed by atoms with Gasteiger partial charge in [0.15, 0.2) is 23.1 Å². The van der Waals surface area contributed by atoms with Gasteiger partial charge in [0.25, 0.3) is 0 Å². The van der Waals surface area contributed by atoms with Crippen LogP contribution in [0.2, 0.25) is 0 Å². The van der Waals surface area contributed by atoms with E-state index < -0.39 is 5.82 Å². The fourth-order valence-corrected chi connectivity index (χ4v) is 2.66. The van der Waals surface area contributed by atoms with Crippen molar-refractivity contribution in [2.75, 3.05) is 34.4 Å². The second-order valence-corrected chi connectivity index (χ2v) is 4.57. The molecule has 1 aliphatic heterocycles. The first kappa shape index (κ1) is 13.9. The Hall–Kier alpha value is -1.49. The highest BCUT2D eigenvalue weighted by Crippen LogP contribution is 2.46. The molecule has 4 nitrogen and oxygen atoms in total. The molecule has 1 aromatic rings. The Balaban J connectivity index is 2.55. The average molecular weight is 269 g/mol. The molecular weight excluding hydrogens is 249 g/mol. The number of ether oxygens (including phenoxy) is 3. The first-order valence-corrected chi connectivity index (χ1v) is 6.42. The highest BCUT2D eigenvalue weighted by atomic mass is 19.1. The van der Waals surface area contributed by atoms with Gasteiger partial charge in [0.05, 0.1) is 21.3 Å². The van der Waals surface area contributed by atoms with Crippen LogP contribution in [-0.4, -0.2) is 34.4 Å². The van der Waals surface area contributed by atoms with Crippen molar-refractivity contribution in [3.05, 3.63) is 17.4 Å². The summed E-state index contributed by atoms with van der Waals surface area (Å²) in [5, 5.41) is 3.30. The fourth-order valence-electron chi connectivity index (χ4n) is 2.66. The summed E-state index contributed by atoms with van der Waals surface area (Å²) in [6.07, 6.45) is 1.86. The molecule has 1 heterocycles. The van der Waals surface area contributed by atoms with Crippen molar-refractivity contribution in [2.24, 2.45) is 0 Å². The van der Waals surface area contributed by atoms with Crippen LogP contribution in [0.15, 0.2) is 6.07 Å². The molecule has 0 saturated carbocycles. The van der Waals surface area contributed by atoms with E-state index in [0.717, 1.165) is 31.5 Å². The van der Waals surface area contributed by atoms with Crippen molar-refractivity contribution in [3.8, 4) is 17.2 Å². The number of piperidine rings is 1. The standard InChI is InChI=1S/C14H20FNO3/c1-17-11-8-10(15)13(18-2)12(14(11)19-3)9-4-6-16-7-5-9/h8-9,16H,4-7H2,1-3H3. The SMILES string of the molecule is COc1cc(F)c(OC)c(C2CCNCC2)c1OC. The van der Waals surface area contributed by atoms with Gasteiger partial charge in [0.2, 0.25) is 0 Å². The summed E-state index contributed by atoms with van der Waals surface area (Å²) >= 11 is 0. The van der Waals surface area contributed by atoms with Gasteiger partial charge in [0.1, 0.15) is 0 Å². The van der Waals surface area contributed by atoms with E-state index in [-0.39, 0.29) is 11.7 Å². The predicted molar refractivity (Wildman–Crippen MR) is 70.9 cm³/mol. The van der Waals surface area contributed by atoms with Crippen molar-refractivity contribution < 1.29 is 18.6 Å². The maximum Gasteiger partial charge on any atom is 0.169 e. The molecule has 0 radical (unpaired) electrons. The monoisotopic (exact) mass is 269 g/mol. The summed E-state index contributed by atoms with van der Waals surface area (Å²) in [6.45, 7) is 1.83. The molecule has 1 N–H and O–H groups in total. The lowest BCUT2D eigenvalue weighted by atomic mass is 9.88. The zero-order valence-electron chi connectivity index (χ0n) is 11.6. The van der Waals surface area contributed by atoms with Gasteiger partial charge in [-0.1, -0.05) is 0 Å². The summed E-state index contributed by atoms with van der Waals surface area (Å²) in [5.74, 6) is 1.07. The zero-order chi connectivity index (χ0) is 13.8. The number of hydrogen-bond acceptors (Lipinski definition) is 4. The van der Waals surface area contributed by atoms with Gasteiger partial charge in [-0.15, -0.1) is 0 Å². The Bertz CT molecular complexity index is 445. The van der Waals surface area contributed by atoms with Gasteiger partial charge < -0.3 is 19.5 Å². The molecule has 1 aromatic carbocycles. The topological polar surface area (TPSA) is 39.7 Å². The van der Waals surface area contributed by atoms with Gasteiger partial charge >= 0.3 is 0 Å². The number of hydrogen-bond donors (Lipinski definition) is 1. The second-order valence-electron chi connectivity index (χ2n) is 4.57. The Morgan fingerprint density at radius 3 is 2.21 bits per heavy atom. The molecule has 0 aromatic heterocycles. The lowest BCUT2D eigenvalue weighted by Gasteiger charge is -2.27. The minimum absolute atomic E-state index is 0.218. The van der Waals surface area contributed by atoms with Crippen molar-refractivity contribution >= 4 is 0 Å². The Morgan fingerprint density at radius 2 is 1.68 bits per heavy atom. The van der Waals surface area contributed by atoms with E-state index in [1.54, 1.807) is 7.11 Å². The van der Waals surface area contributed by atoms with Crippen LogP contribution < -0.4 is 19.5 Å². The third kappa shape index (κ3) is 2.61. The molecule has 0 aliphatic carbocycles.